The summed E-state index contributed by atoms with van der Waals surface area (Å²) in [5.74, 6) is -0.777. The molecule has 0 bridgehead atoms. The Morgan fingerprint density at radius 2 is 1.80 bits per heavy atom. The Morgan fingerprint density at radius 1 is 1.07 bits per heavy atom. The van der Waals surface area contributed by atoms with E-state index in [4.69, 9.17) is 0 Å². The Morgan fingerprint density at radius 3 is 2.53 bits per heavy atom. The lowest BCUT2D eigenvalue weighted by Gasteiger charge is -2.33. The number of nitrogens with one attached hydrogen (secondary N) is 1. The molecule has 1 saturated carbocycles. The number of halogens is 1. The lowest BCUT2D eigenvalue weighted by Crippen LogP contribution is -2.42. The number of hydrogen-bond acceptors (Lipinski definition) is 3. The van der Waals surface area contributed by atoms with E-state index >= 15 is 0 Å². The molecule has 7 heteroatoms. The van der Waals surface area contributed by atoms with Gasteiger partial charge >= 0.3 is 0 Å². The fourth-order valence-corrected chi connectivity index (χ4v) is 5.95. The maximum Gasteiger partial charge on any atom is 0.252 e. The second-order valence-corrected chi connectivity index (χ2v) is 9.85. The van der Waals surface area contributed by atoms with Crippen molar-refractivity contribution in [2.45, 2.75) is 56.5 Å². The highest BCUT2D eigenvalue weighted by molar-refractivity contribution is 7.89. The fraction of sp³-hybridized carbons (Fsp3) is 0.348. The standard InChI is InChI=1S/C23H25FN2O3S/c1-16-11-12-21-17(13-16)14-18(23(27)25-21)15-26(19-7-3-2-4-8-19)30(28,29)22-10-6-5-9-20(22)24/h5-6,9-14,19H,2-4,7-8,15H2,1H3,(H,25,27). The molecule has 0 amide bonds. The van der Waals surface area contributed by atoms with Gasteiger partial charge in [0.25, 0.3) is 5.56 Å². The van der Waals surface area contributed by atoms with Crippen molar-refractivity contribution >= 4 is 20.9 Å². The zero-order chi connectivity index (χ0) is 21.3. The molecule has 30 heavy (non-hydrogen) atoms. The van der Waals surface area contributed by atoms with Crippen molar-refractivity contribution in [3.05, 3.63) is 75.8 Å². The number of nitrogens with zero attached hydrogens (tertiary/aromatic N) is 1. The van der Waals surface area contributed by atoms with Crippen molar-refractivity contribution in [2.24, 2.45) is 0 Å². The van der Waals surface area contributed by atoms with E-state index < -0.39 is 15.8 Å². The predicted molar refractivity (Wildman–Crippen MR) is 115 cm³/mol. The molecule has 1 fully saturated rings. The average molecular weight is 429 g/mol. The van der Waals surface area contributed by atoms with E-state index in [1.165, 1.54) is 22.5 Å². The minimum atomic E-state index is -4.10. The molecular formula is C23H25FN2O3S. The van der Waals surface area contributed by atoms with Crippen molar-refractivity contribution in [2.75, 3.05) is 0 Å². The fourth-order valence-electron chi connectivity index (χ4n) is 4.22. The number of aromatic nitrogens is 1. The minimum Gasteiger partial charge on any atom is -0.322 e. The highest BCUT2D eigenvalue weighted by Gasteiger charge is 2.34. The van der Waals surface area contributed by atoms with E-state index in [1.807, 2.05) is 25.1 Å². The normalized spacial score (nSPS) is 15.7. The molecule has 0 atom stereocenters. The van der Waals surface area contributed by atoms with Gasteiger partial charge in [0.1, 0.15) is 10.7 Å². The molecule has 1 aliphatic rings. The first kappa shape index (κ1) is 20.8. The molecule has 1 heterocycles. The molecule has 0 unspecified atom stereocenters. The highest BCUT2D eigenvalue weighted by Crippen LogP contribution is 2.30. The van der Waals surface area contributed by atoms with E-state index in [1.54, 1.807) is 6.07 Å². The van der Waals surface area contributed by atoms with E-state index in [0.29, 0.717) is 23.9 Å². The number of H-pyrrole nitrogens is 1. The van der Waals surface area contributed by atoms with Crippen molar-refractivity contribution in [1.82, 2.24) is 9.29 Å². The van der Waals surface area contributed by atoms with Gasteiger partial charge in [-0.05, 0) is 55.5 Å². The average Bonchev–Trinajstić information content (AvgIpc) is 2.73. The van der Waals surface area contributed by atoms with E-state index in [-0.39, 0.29) is 23.0 Å². The number of sulfonamides is 1. The van der Waals surface area contributed by atoms with Gasteiger partial charge in [-0.25, -0.2) is 12.8 Å². The molecule has 0 spiro atoms. The maximum absolute atomic E-state index is 14.4. The number of pyridine rings is 1. The number of fused-ring (bicyclic) bond motifs is 1. The number of rotatable bonds is 5. The molecule has 5 nitrogen and oxygen atoms in total. The summed E-state index contributed by atoms with van der Waals surface area (Å²) in [4.78, 5) is 15.2. The Labute approximate surface area is 175 Å². The summed E-state index contributed by atoms with van der Waals surface area (Å²) in [5.41, 5.74) is 1.79. The molecule has 1 aliphatic carbocycles. The number of aryl methyl sites for hydroxylation is 1. The molecule has 3 aromatic rings. The van der Waals surface area contributed by atoms with Crippen LogP contribution in [0, 0.1) is 12.7 Å². The Hall–Kier alpha value is -2.51. The van der Waals surface area contributed by atoms with Gasteiger partial charge in [0, 0.05) is 23.7 Å². The molecule has 0 saturated heterocycles. The van der Waals surface area contributed by atoms with E-state index in [2.05, 4.69) is 4.98 Å². The third-order valence-electron chi connectivity index (χ3n) is 5.81. The quantitative estimate of drug-likeness (QED) is 0.651. The van der Waals surface area contributed by atoms with Crippen LogP contribution in [-0.2, 0) is 16.6 Å². The molecule has 0 aliphatic heterocycles. The van der Waals surface area contributed by atoms with Crippen LogP contribution < -0.4 is 5.56 Å². The first-order valence-corrected chi connectivity index (χ1v) is 11.7. The smallest absolute Gasteiger partial charge is 0.252 e. The van der Waals surface area contributed by atoms with Crippen LogP contribution in [0.1, 0.15) is 43.2 Å². The van der Waals surface area contributed by atoms with Gasteiger partial charge in [0.15, 0.2) is 0 Å². The van der Waals surface area contributed by atoms with Crippen LogP contribution >= 0.6 is 0 Å². The molecule has 158 valence electrons. The lowest BCUT2D eigenvalue weighted by molar-refractivity contribution is 0.246. The van der Waals surface area contributed by atoms with Gasteiger partial charge in [-0.1, -0.05) is 43.0 Å². The minimum absolute atomic E-state index is 0.0828. The summed E-state index contributed by atoms with van der Waals surface area (Å²) in [5, 5.41) is 0.844. The maximum atomic E-state index is 14.4. The summed E-state index contributed by atoms with van der Waals surface area (Å²) >= 11 is 0. The summed E-state index contributed by atoms with van der Waals surface area (Å²) < 4.78 is 42.7. The summed E-state index contributed by atoms with van der Waals surface area (Å²) in [6.45, 7) is 1.88. The number of hydrogen-bond donors (Lipinski definition) is 1. The van der Waals surface area contributed by atoms with Gasteiger partial charge in [-0.15, -0.1) is 0 Å². The largest absolute Gasteiger partial charge is 0.322 e. The second-order valence-electron chi connectivity index (χ2n) is 7.99. The van der Waals surface area contributed by atoms with Crippen LogP contribution in [0.4, 0.5) is 4.39 Å². The number of aromatic amines is 1. The molecular weight excluding hydrogens is 403 g/mol. The third-order valence-corrected chi connectivity index (χ3v) is 7.74. The van der Waals surface area contributed by atoms with Crippen LogP contribution in [0.15, 0.2) is 58.2 Å². The Kier molecular flexibility index (Phi) is 5.75. The van der Waals surface area contributed by atoms with Crippen molar-refractivity contribution < 1.29 is 12.8 Å². The first-order chi connectivity index (χ1) is 14.4. The highest BCUT2D eigenvalue weighted by atomic mass is 32.2. The summed E-state index contributed by atoms with van der Waals surface area (Å²) in [6, 6.07) is 12.6. The third kappa shape index (κ3) is 4.04. The predicted octanol–water partition coefficient (Wildman–Crippen LogP) is 4.50. The molecule has 4 rings (SSSR count). The lowest BCUT2D eigenvalue weighted by atomic mass is 9.95. The zero-order valence-corrected chi connectivity index (χ0v) is 17.7. The topological polar surface area (TPSA) is 70.2 Å². The van der Waals surface area contributed by atoms with Gasteiger partial charge in [0.05, 0.1) is 0 Å². The summed E-state index contributed by atoms with van der Waals surface area (Å²) in [6.07, 6.45) is 4.30. The molecule has 2 aromatic carbocycles. The monoisotopic (exact) mass is 428 g/mol. The summed E-state index contributed by atoms with van der Waals surface area (Å²) in [7, 11) is -4.10. The number of benzene rings is 2. The van der Waals surface area contributed by atoms with Gasteiger partial charge in [-0.3, -0.25) is 4.79 Å². The SMILES string of the molecule is Cc1ccc2[nH]c(=O)c(CN(C3CCCCC3)S(=O)(=O)c3ccccc3F)cc2c1. The van der Waals surface area contributed by atoms with Crippen LogP contribution in [0.2, 0.25) is 0 Å². The van der Waals surface area contributed by atoms with Crippen LogP contribution in [0.3, 0.4) is 0 Å². The van der Waals surface area contributed by atoms with Crippen LogP contribution in [-0.4, -0.2) is 23.7 Å². The van der Waals surface area contributed by atoms with Crippen LogP contribution in [0.5, 0.6) is 0 Å². The second kappa shape index (κ2) is 8.32. The van der Waals surface area contributed by atoms with E-state index in [9.17, 15) is 17.6 Å². The molecule has 1 N–H and O–H groups in total. The molecule has 0 radical (unpaired) electrons. The molecule has 1 aromatic heterocycles. The van der Waals surface area contributed by atoms with Gasteiger partial charge in [-0.2, -0.15) is 4.31 Å². The van der Waals surface area contributed by atoms with Crippen molar-refractivity contribution in [1.29, 1.82) is 0 Å². The van der Waals surface area contributed by atoms with Crippen LogP contribution in [0.25, 0.3) is 10.9 Å². The van der Waals surface area contributed by atoms with Gasteiger partial charge in [0.2, 0.25) is 10.0 Å². The van der Waals surface area contributed by atoms with Gasteiger partial charge < -0.3 is 4.98 Å². The van der Waals surface area contributed by atoms with E-state index in [0.717, 1.165) is 36.3 Å². The van der Waals surface area contributed by atoms with Crippen molar-refractivity contribution in [3.63, 3.8) is 0 Å². The first-order valence-electron chi connectivity index (χ1n) is 10.3. The Bertz CT molecular complexity index is 1230. The zero-order valence-electron chi connectivity index (χ0n) is 16.9. The Balaban J connectivity index is 1.79. The van der Waals surface area contributed by atoms with Crippen molar-refractivity contribution in [3.8, 4) is 0 Å².